The number of amides is 2. The Bertz CT molecular complexity index is 526. The van der Waals surface area contributed by atoms with Crippen molar-refractivity contribution in [3.05, 3.63) is 23.7 Å². The normalized spacial score (nSPS) is 25.2. The van der Waals surface area contributed by atoms with E-state index in [0.717, 1.165) is 43.7 Å². The van der Waals surface area contributed by atoms with E-state index in [9.17, 15) is 4.79 Å². The Kier molecular flexibility index (Phi) is 5.26. The molecule has 0 bridgehead atoms. The summed E-state index contributed by atoms with van der Waals surface area (Å²) >= 11 is 0. The van der Waals surface area contributed by atoms with Crippen LogP contribution in [0.5, 0.6) is 0 Å². The lowest BCUT2D eigenvalue weighted by atomic mass is 9.93. The number of fused-ring (bicyclic) bond motifs is 1. The second-order valence-electron chi connectivity index (χ2n) is 7.20. The van der Waals surface area contributed by atoms with Gasteiger partial charge in [-0.25, -0.2) is 4.79 Å². The average molecular weight is 319 g/mol. The van der Waals surface area contributed by atoms with Gasteiger partial charge in [-0.1, -0.05) is 0 Å². The molecule has 1 aromatic heterocycles. The summed E-state index contributed by atoms with van der Waals surface area (Å²) in [4.78, 5) is 14.7. The fourth-order valence-corrected chi connectivity index (χ4v) is 3.82. The summed E-state index contributed by atoms with van der Waals surface area (Å²) in [5, 5.41) is 6.19. The summed E-state index contributed by atoms with van der Waals surface area (Å²) in [5.74, 6) is 1.59. The minimum atomic E-state index is -0.0503. The summed E-state index contributed by atoms with van der Waals surface area (Å²) in [6, 6.07) is 2.62. The molecule has 0 radical (unpaired) electrons. The Balaban J connectivity index is 1.45. The molecule has 0 spiro atoms. The third kappa shape index (κ3) is 4.08. The number of carbonyl (C=O) groups is 1. The van der Waals surface area contributed by atoms with E-state index in [-0.39, 0.29) is 12.1 Å². The second kappa shape index (κ2) is 7.39. The standard InChI is InChI=1S/C18H29N3O2/c1-13(2)21-9-4-5-14(12-21)11-19-18(22)20-16-6-3-7-17-15(16)8-10-23-17/h8,10,13-14,16H,3-7,9,11-12H2,1-2H3,(H2,19,20,22). The molecule has 5 nitrogen and oxygen atoms in total. The van der Waals surface area contributed by atoms with Crippen molar-refractivity contribution < 1.29 is 9.21 Å². The molecule has 1 saturated heterocycles. The maximum atomic E-state index is 12.2. The number of hydrogen-bond donors (Lipinski definition) is 2. The van der Waals surface area contributed by atoms with Gasteiger partial charge in [-0.15, -0.1) is 0 Å². The van der Waals surface area contributed by atoms with Crippen LogP contribution in [0.25, 0.3) is 0 Å². The SMILES string of the molecule is CC(C)N1CCCC(CNC(=O)NC2CCCc3occc32)C1. The van der Waals surface area contributed by atoms with E-state index in [1.165, 1.54) is 19.4 Å². The van der Waals surface area contributed by atoms with Crippen LogP contribution in [0.1, 0.15) is 56.9 Å². The molecule has 2 unspecified atom stereocenters. The van der Waals surface area contributed by atoms with E-state index >= 15 is 0 Å². The fraction of sp³-hybridized carbons (Fsp3) is 0.722. The molecule has 3 rings (SSSR count). The minimum Gasteiger partial charge on any atom is -0.469 e. The van der Waals surface area contributed by atoms with Gasteiger partial charge in [0, 0.05) is 31.1 Å². The summed E-state index contributed by atoms with van der Waals surface area (Å²) in [6.07, 6.45) is 7.20. The first-order chi connectivity index (χ1) is 11.1. The molecule has 23 heavy (non-hydrogen) atoms. The molecule has 128 valence electrons. The van der Waals surface area contributed by atoms with Crippen LogP contribution in [-0.4, -0.2) is 36.6 Å². The number of hydrogen-bond acceptors (Lipinski definition) is 3. The third-order valence-electron chi connectivity index (χ3n) is 5.19. The van der Waals surface area contributed by atoms with Crippen LogP contribution in [-0.2, 0) is 6.42 Å². The highest BCUT2D eigenvalue weighted by molar-refractivity contribution is 5.74. The number of aryl methyl sites for hydroxylation is 1. The van der Waals surface area contributed by atoms with Crippen molar-refractivity contribution in [2.45, 2.75) is 58.0 Å². The first-order valence-corrected chi connectivity index (χ1v) is 8.98. The van der Waals surface area contributed by atoms with Gasteiger partial charge < -0.3 is 20.0 Å². The van der Waals surface area contributed by atoms with Gasteiger partial charge in [0.15, 0.2) is 0 Å². The van der Waals surface area contributed by atoms with E-state index in [1.807, 2.05) is 6.07 Å². The van der Waals surface area contributed by atoms with Crippen molar-refractivity contribution in [1.29, 1.82) is 0 Å². The van der Waals surface area contributed by atoms with Gasteiger partial charge in [0.2, 0.25) is 0 Å². The highest BCUT2D eigenvalue weighted by Crippen LogP contribution is 2.30. The number of nitrogens with one attached hydrogen (secondary N) is 2. The van der Waals surface area contributed by atoms with E-state index < -0.39 is 0 Å². The molecule has 0 aromatic carbocycles. The van der Waals surface area contributed by atoms with Crippen molar-refractivity contribution in [1.82, 2.24) is 15.5 Å². The molecule has 2 amide bonds. The van der Waals surface area contributed by atoms with Gasteiger partial charge in [0.25, 0.3) is 0 Å². The highest BCUT2D eigenvalue weighted by Gasteiger charge is 2.25. The van der Waals surface area contributed by atoms with Crippen LogP contribution in [0.3, 0.4) is 0 Å². The van der Waals surface area contributed by atoms with Crippen LogP contribution in [0.2, 0.25) is 0 Å². The zero-order valence-corrected chi connectivity index (χ0v) is 14.3. The van der Waals surface area contributed by atoms with Crippen LogP contribution in [0.15, 0.2) is 16.7 Å². The van der Waals surface area contributed by atoms with E-state index in [1.54, 1.807) is 6.26 Å². The van der Waals surface area contributed by atoms with Crippen molar-refractivity contribution in [3.8, 4) is 0 Å². The van der Waals surface area contributed by atoms with Crippen molar-refractivity contribution in [3.63, 3.8) is 0 Å². The maximum absolute atomic E-state index is 12.2. The van der Waals surface area contributed by atoms with Crippen molar-refractivity contribution in [2.24, 2.45) is 5.92 Å². The zero-order chi connectivity index (χ0) is 16.2. The molecular formula is C18H29N3O2. The van der Waals surface area contributed by atoms with E-state index in [2.05, 4.69) is 29.4 Å². The zero-order valence-electron chi connectivity index (χ0n) is 14.3. The van der Waals surface area contributed by atoms with Crippen LogP contribution < -0.4 is 10.6 Å². The lowest BCUT2D eigenvalue weighted by Crippen LogP contribution is -2.46. The van der Waals surface area contributed by atoms with E-state index in [0.29, 0.717) is 12.0 Å². The molecule has 2 N–H and O–H groups in total. The number of nitrogens with zero attached hydrogens (tertiary/aromatic N) is 1. The monoisotopic (exact) mass is 319 g/mol. The van der Waals surface area contributed by atoms with E-state index in [4.69, 9.17) is 4.42 Å². The number of likely N-dealkylation sites (tertiary alicyclic amines) is 1. The quantitative estimate of drug-likeness (QED) is 0.896. The van der Waals surface area contributed by atoms with Gasteiger partial charge >= 0.3 is 6.03 Å². The van der Waals surface area contributed by atoms with Gasteiger partial charge in [-0.2, -0.15) is 0 Å². The Morgan fingerprint density at radius 3 is 3.09 bits per heavy atom. The topological polar surface area (TPSA) is 57.5 Å². The Labute approximate surface area is 138 Å². The van der Waals surface area contributed by atoms with Gasteiger partial charge in [-0.05, 0) is 58.1 Å². The first-order valence-electron chi connectivity index (χ1n) is 8.98. The summed E-state index contributed by atoms with van der Waals surface area (Å²) in [6.45, 7) is 7.53. The first kappa shape index (κ1) is 16.4. The second-order valence-corrected chi connectivity index (χ2v) is 7.20. The fourth-order valence-electron chi connectivity index (χ4n) is 3.82. The lowest BCUT2D eigenvalue weighted by molar-refractivity contribution is 0.139. The Hall–Kier alpha value is -1.49. The predicted octanol–water partition coefficient (Wildman–Crippen LogP) is 3.08. The van der Waals surface area contributed by atoms with Crippen molar-refractivity contribution >= 4 is 6.03 Å². The molecule has 1 fully saturated rings. The summed E-state index contributed by atoms with van der Waals surface area (Å²) < 4.78 is 5.48. The third-order valence-corrected chi connectivity index (χ3v) is 5.19. The number of urea groups is 1. The minimum absolute atomic E-state index is 0.0503. The Morgan fingerprint density at radius 1 is 1.39 bits per heavy atom. The average Bonchev–Trinajstić information content (AvgIpc) is 3.03. The summed E-state index contributed by atoms with van der Waals surface area (Å²) in [7, 11) is 0. The lowest BCUT2D eigenvalue weighted by Gasteiger charge is -2.35. The molecule has 1 aromatic rings. The Morgan fingerprint density at radius 2 is 2.26 bits per heavy atom. The number of carbonyl (C=O) groups excluding carboxylic acids is 1. The molecule has 1 aliphatic carbocycles. The largest absolute Gasteiger partial charge is 0.469 e. The summed E-state index contributed by atoms with van der Waals surface area (Å²) in [5.41, 5.74) is 1.15. The van der Waals surface area contributed by atoms with Gasteiger partial charge in [0.1, 0.15) is 5.76 Å². The van der Waals surface area contributed by atoms with Crippen LogP contribution in [0.4, 0.5) is 4.79 Å². The molecule has 2 atom stereocenters. The predicted molar refractivity (Wildman–Crippen MR) is 90.4 cm³/mol. The molecule has 0 saturated carbocycles. The van der Waals surface area contributed by atoms with Gasteiger partial charge in [0.05, 0.1) is 12.3 Å². The highest BCUT2D eigenvalue weighted by atomic mass is 16.3. The molecule has 2 aliphatic rings. The van der Waals surface area contributed by atoms with Crippen LogP contribution in [0, 0.1) is 5.92 Å². The molecule has 5 heteroatoms. The molecule has 1 aliphatic heterocycles. The molecular weight excluding hydrogens is 290 g/mol. The molecule has 2 heterocycles. The maximum Gasteiger partial charge on any atom is 0.315 e. The number of rotatable bonds is 4. The number of furan rings is 1. The smallest absolute Gasteiger partial charge is 0.315 e. The van der Waals surface area contributed by atoms with Crippen LogP contribution >= 0.6 is 0 Å². The van der Waals surface area contributed by atoms with Crippen molar-refractivity contribution in [2.75, 3.05) is 19.6 Å². The van der Waals surface area contributed by atoms with Gasteiger partial charge in [-0.3, -0.25) is 0 Å². The number of piperidine rings is 1.